The summed E-state index contributed by atoms with van der Waals surface area (Å²) in [6.07, 6.45) is 0. The Labute approximate surface area is 272 Å². The van der Waals surface area contributed by atoms with Gasteiger partial charge in [0.25, 0.3) is 0 Å². The fraction of sp³-hybridized carbons (Fsp3) is 0. The van der Waals surface area contributed by atoms with Crippen LogP contribution in [0.1, 0.15) is 11.5 Å². The number of furan rings is 2. The normalized spacial score (nSPS) is 11.3. The molecule has 0 bridgehead atoms. The quantitative estimate of drug-likeness (QED) is 0.189. The van der Waals surface area contributed by atoms with Crippen LogP contribution in [0.4, 0.5) is 0 Å². The predicted molar refractivity (Wildman–Crippen MR) is 181 cm³/mol. The van der Waals surface area contributed by atoms with E-state index in [-0.39, 0.29) is 17.1 Å². The van der Waals surface area contributed by atoms with E-state index in [1.165, 1.54) is 0 Å². The number of benzene rings is 5. The molecule has 48 heavy (non-hydrogen) atoms. The van der Waals surface area contributed by atoms with Gasteiger partial charge in [0, 0.05) is 32.8 Å². The van der Waals surface area contributed by atoms with Crippen LogP contribution in [0.15, 0.2) is 124 Å². The molecule has 0 unspecified atom stereocenters. The molecule has 0 aliphatic rings. The molecule has 0 saturated heterocycles. The van der Waals surface area contributed by atoms with Crippen molar-refractivity contribution in [2.24, 2.45) is 0 Å². The van der Waals surface area contributed by atoms with Gasteiger partial charge in [-0.3, -0.25) is 0 Å². The van der Waals surface area contributed by atoms with Gasteiger partial charge in [-0.2, -0.15) is 10.5 Å². The van der Waals surface area contributed by atoms with Gasteiger partial charge in [-0.25, -0.2) is 24.9 Å². The monoisotopic (exact) mass is 617 g/mol. The highest BCUT2D eigenvalue weighted by Gasteiger charge is 2.18. The lowest BCUT2D eigenvalue weighted by Crippen LogP contribution is -2.00. The Balaban J connectivity index is 1.19. The maximum Gasteiger partial charge on any atom is 0.234 e. The summed E-state index contributed by atoms with van der Waals surface area (Å²) in [5.74, 6) is 1.66. The SMILES string of the molecule is N#Cc1nc(C#N)c2oc3ccc(-c4ccc5oc6ccc(-c7nc(-c8ccccc8)nc(-c8ccccc8)n7)cc6c5c4)cc3c2n1. The van der Waals surface area contributed by atoms with Gasteiger partial charge in [0.2, 0.25) is 5.82 Å². The number of nitriles is 2. The van der Waals surface area contributed by atoms with E-state index >= 15 is 0 Å². The molecule has 0 amide bonds. The van der Waals surface area contributed by atoms with Crippen LogP contribution in [0.25, 0.3) is 89.3 Å². The molecule has 0 saturated carbocycles. The first kappa shape index (κ1) is 27.1. The first-order valence-electron chi connectivity index (χ1n) is 15.0. The van der Waals surface area contributed by atoms with Gasteiger partial charge in [0.15, 0.2) is 28.8 Å². The Kier molecular flexibility index (Phi) is 6.04. The second-order valence-electron chi connectivity index (χ2n) is 11.2. The van der Waals surface area contributed by atoms with Crippen LogP contribution >= 0.6 is 0 Å². The molecule has 0 radical (unpaired) electrons. The van der Waals surface area contributed by atoms with E-state index in [2.05, 4.69) is 22.1 Å². The Morgan fingerprint density at radius 2 is 0.938 bits per heavy atom. The minimum absolute atomic E-state index is 0.0290. The number of aromatic nitrogens is 5. The van der Waals surface area contributed by atoms with Crippen LogP contribution in [0.2, 0.25) is 0 Å². The van der Waals surface area contributed by atoms with Crippen molar-refractivity contribution in [1.29, 1.82) is 10.5 Å². The van der Waals surface area contributed by atoms with Gasteiger partial charge in [-0.15, -0.1) is 0 Å². The molecular weight excluding hydrogens is 598 g/mol. The summed E-state index contributed by atoms with van der Waals surface area (Å²) < 4.78 is 12.2. The van der Waals surface area contributed by atoms with Crippen molar-refractivity contribution in [1.82, 2.24) is 24.9 Å². The van der Waals surface area contributed by atoms with Gasteiger partial charge >= 0.3 is 0 Å². The molecule has 4 aromatic heterocycles. The summed E-state index contributed by atoms with van der Waals surface area (Å²) in [4.78, 5) is 22.9. The van der Waals surface area contributed by atoms with Gasteiger partial charge in [0.05, 0.1) is 0 Å². The lowest BCUT2D eigenvalue weighted by molar-refractivity contribution is 0.663. The van der Waals surface area contributed by atoms with E-state index in [4.69, 9.17) is 23.8 Å². The van der Waals surface area contributed by atoms with Crippen molar-refractivity contribution in [2.45, 2.75) is 0 Å². The summed E-state index contributed by atoms with van der Waals surface area (Å²) in [5, 5.41) is 21.5. The molecule has 5 aromatic carbocycles. The van der Waals surface area contributed by atoms with Crippen LogP contribution in [-0.4, -0.2) is 24.9 Å². The fourth-order valence-corrected chi connectivity index (χ4v) is 5.98. The van der Waals surface area contributed by atoms with Gasteiger partial charge in [-0.1, -0.05) is 72.8 Å². The molecule has 0 atom stereocenters. The molecule has 0 aliphatic carbocycles. The van der Waals surface area contributed by atoms with Crippen LogP contribution in [0.3, 0.4) is 0 Å². The highest BCUT2D eigenvalue weighted by molar-refractivity contribution is 6.09. The summed E-state index contributed by atoms with van der Waals surface area (Å²) in [6.45, 7) is 0. The molecule has 0 spiro atoms. The van der Waals surface area contributed by atoms with E-state index in [9.17, 15) is 10.5 Å². The topological polar surface area (TPSA) is 138 Å². The van der Waals surface area contributed by atoms with E-state index in [1.807, 2.05) is 115 Å². The molecule has 222 valence electrons. The summed E-state index contributed by atoms with van der Waals surface area (Å²) in [7, 11) is 0. The van der Waals surface area contributed by atoms with E-state index in [1.54, 1.807) is 0 Å². The highest BCUT2D eigenvalue weighted by atomic mass is 16.3. The average Bonchev–Trinajstić information content (AvgIpc) is 3.72. The van der Waals surface area contributed by atoms with Crippen molar-refractivity contribution < 1.29 is 8.83 Å². The van der Waals surface area contributed by atoms with Crippen LogP contribution in [0.5, 0.6) is 0 Å². The zero-order valence-electron chi connectivity index (χ0n) is 24.9. The van der Waals surface area contributed by atoms with Crippen molar-refractivity contribution in [3.63, 3.8) is 0 Å². The van der Waals surface area contributed by atoms with E-state index in [0.29, 0.717) is 34.0 Å². The molecule has 9 nitrogen and oxygen atoms in total. The smallest absolute Gasteiger partial charge is 0.234 e. The lowest BCUT2D eigenvalue weighted by Gasteiger charge is -2.08. The third-order valence-electron chi connectivity index (χ3n) is 8.28. The fourth-order valence-electron chi connectivity index (χ4n) is 5.98. The average molecular weight is 618 g/mol. The minimum Gasteiger partial charge on any atom is -0.456 e. The second-order valence-corrected chi connectivity index (χ2v) is 11.2. The molecule has 9 rings (SSSR count). The first-order chi connectivity index (χ1) is 23.6. The Hall–Kier alpha value is -7.23. The zero-order chi connectivity index (χ0) is 32.2. The maximum atomic E-state index is 9.57. The first-order valence-corrected chi connectivity index (χ1v) is 15.0. The van der Waals surface area contributed by atoms with Crippen LogP contribution in [-0.2, 0) is 0 Å². The lowest BCUT2D eigenvalue weighted by atomic mass is 10.0. The molecule has 0 aliphatic heterocycles. The van der Waals surface area contributed by atoms with Gasteiger partial charge in [-0.05, 0) is 53.6 Å². The molecule has 0 fully saturated rings. The number of nitrogens with zero attached hydrogens (tertiary/aromatic N) is 7. The van der Waals surface area contributed by atoms with E-state index < -0.39 is 0 Å². The summed E-state index contributed by atoms with van der Waals surface area (Å²) in [5.41, 5.74) is 7.25. The molecule has 9 heteroatoms. The van der Waals surface area contributed by atoms with E-state index in [0.717, 1.165) is 49.8 Å². The van der Waals surface area contributed by atoms with Crippen molar-refractivity contribution in [3.8, 4) is 57.4 Å². The predicted octanol–water partition coefficient (Wildman–Crippen LogP) is 8.87. The Morgan fingerprint density at radius 3 is 1.50 bits per heavy atom. The second kappa shape index (κ2) is 10.7. The van der Waals surface area contributed by atoms with Crippen molar-refractivity contribution in [3.05, 3.63) is 127 Å². The molecular formula is C39H19N7O2. The Morgan fingerprint density at radius 1 is 0.438 bits per heavy atom. The van der Waals surface area contributed by atoms with Crippen LogP contribution < -0.4 is 0 Å². The zero-order valence-corrected chi connectivity index (χ0v) is 24.9. The van der Waals surface area contributed by atoms with Gasteiger partial charge in [0.1, 0.15) is 34.4 Å². The number of rotatable bonds is 4. The largest absolute Gasteiger partial charge is 0.456 e. The number of hydrogen-bond donors (Lipinski definition) is 0. The summed E-state index contributed by atoms with van der Waals surface area (Å²) >= 11 is 0. The third-order valence-corrected chi connectivity index (χ3v) is 8.28. The number of hydrogen-bond acceptors (Lipinski definition) is 9. The van der Waals surface area contributed by atoms with Crippen molar-refractivity contribution >= 4 is 44.0 Å². The third kappa shape index (κ3) is 4.43. The molecule has 9 aromatic rings. The minimum atomic E-state index is -0.0841. The summed E-state index contributed by atoms with van der Waals surface area (Å²) in [6, 6.07) is 41.4. The van der Waals surface area contributed by atoms with Crippen LogP contribution in [0, 0.1) is 22.7 Å². The molecule has 4 heterocycles. The number of fused-ring (bicyclic) bond motifs is 6. The highest BCUT2D eigenvalue weighted by Crippen LogP contribution is 2.37. The Bertz CT molecular complexity index is 2750. The van der Waals surface area contributed by atoms with Gasteiger partial charge < -0.3 is 8.83 Å². The standard InChI is InChI=1S/C39H19N7O2/c40-20-30-36-35(43-34(21-41)42-30)29-18-25(12-15-33(29)48-36)24-11-14-31-27(17-24)28-19-26(13-16-32(28)47-31)39-45-37(22-7-3-1-4-8-22)44-38(46-39)23-9-5-2-6-10-23/h1-19H. The maximum absolute atomic E-state index is 9.57. The molecule has 0 N–H and O–H groups in total. The van der Waals surface area contributed by atoms with Crippen molar-refractivity contribution in [2.75, 3.05) is 0 Å².